The molecular weight excluding hydrogens is 410 g/mol. The lowest BCUT2D eigenvalue weighted by Gasteiger charge is -2.26. The van der Waals surface area contributed by atoms with Crippen molar-refractivity contribution in [3.8, 4) is 0 Å². The second kappa shape index (κ2) is 10.8. The van der Waals surface area contributed by atoms with E-state index in [0.29, 0.717) is 6.54 Å². The van der Waals surface area contributed by atoms with E-state index in [-0.39, 0.29) is 30.3 Å². The Morgan fingerprint density at radius 1 is 1.10 bits per heavy atom. The van der Waals surface area contributed by atoms with Gasteiger partial charge in [-0.3, -0.25) is 4.79 Å². The van der Waals surface area contributed by atoms with Gasteiger partial charge in [0.25, 0.3) is 0 Å². The fourth-order valence-electron chi connectivity index (χ4n) is 4.63. The second-order valence-electron chi connectivity index (χ2n) is 8.30. The van der Waals surface area contributed by atoms with Crippen molar-refractivity contribution in [2.75, 3.05) is 18.9 Å². The molecule has 1 aliphatic carbocycles. The van der Waals surface area contributed by atoms with Crippen molar-refractivity contribution in [2.24, 2.45) is 5.92 Å². The lowest BCUT2D eigenvalue weighted by molar-refractivity contribution is -0.120. The lowest BCUT2D eigenvalue weighted by atomic mass is 9.88. The van der Waals surface area contributed by atoms with E-state index < -0.39 is 6.10 Å². The summed E-state index contributed by atoms with van der Waals surface area (Å²) < 4.78 is 2.12. The number of carbonyl (C=O) groups excluding carboxylic acids is 1. The Morgan fingerprint density at radius 2 is 1.84 bits per heavy atom. The first-order valence-corrected chi connectivity index (χ1v) is 11.0. The van der Waals surface area contributed by atoms with Crippen molar-refractivity contribution in [1.29, 1.82) is 0 Å². The maximum atomic E-state index is 12.6. The van der Waals surface area contributed by atoms with E-state index >= 15 is 0 Å². The standard InChI is InChI=1S/C25H31N3O2.ClH/c1-26-17-23(29)24(18-8-4-2-5-9-18)28-15-14-20-16-21(12-13-22(20)28)27-25(30)19-10-6-3-7-11-19;/h2,4-5,8-9,12-16,19,23-24,26,29H,3,6-7,10-11,17H2,1H3,(H,27,30);1H/t23-,24-;/m0./s1. The van der Waals surface area contributed by atoms with Gasteiger partial charge in [-0.1, -0.05) is 49.6 Å². The summed E-state index contributed by atoms with van der Waals surface area (Å²) in [5, 5.41) is 18.1. The van der Waals surface area contributed by atoms with Crippen LogP contribution >= 0.6 is 12.4 Å². The molecule has 4 rings (SSSR count). The third kappa shape index (κ3) is 5.29. The predicted octanol–water partition coefficient (Wildman–Crippen LogP) is 4.75. The maximum absolute atomic E-state index is 12.6. The molecule has 0 unspecified atom stereocenters. The zero-order valence-corrected chi connectivity index (χ0v) is 18.8. The molecule has 5 nitrogen and oxygen atoms in total. The normalized spacial score (nSPS) is 16.5. The molecule has 3 aromatic rings. The predicted molar refractivity (Wildman–Crippen MR) is 129 cm³/mol. The van der Waals surface area contributed by atoms with Crippen LogP contribution in [0.15, 0.2) is 60.8 Å². The van der Waals surface area contributed by atoms with Crippen LogP contribution in [-0.4, -0.2) is 35.3 Å². The highest BCUT2D eigenvalue weighted by Crippen LogP contribution is 2.30. The highest BCUT2D eigenvalue weighted by molar-refractivity contribution is 5.95. The van der Waals surface area contributed by atoms with Gasteiger partial charge in [0, 0.05) is 35.2 Å². The number of anilines is 1. The molecule has 31 heavy (non-hydrogen) atoms. The first-order valence-electron chi connectivity index (χ1n) is 11.0. The number of carbonyl (C=O) groups is 1. The number of fused-ring (bicyclic) bond motifs is 1. The van der Waals surface area contributed by atoms with Crippen LogP contribution in [0.1, 0.15) is 43.7 Å². The smallest absolute Gasteiger partial charge is 0.227 e. The third-order valence-electron chi connectivity index (χ3n) is 6.18. The van der Waals surface area contributed by atoms with Crippen LogP contribution < -0.4 is 10.6 Å². The molecule has 1 heterocycles. The molecule has 0 radical (unpaired) electrons. The van der Waals surface area contributed by atoms with Gasteiger partial charge in [0.1, 0.15) is 0 Å². The minimum absolute atomic E-state index is 0. The summed E-state index contributed by atoms with van der Waals surface area (Å²) >= 11 is 0. The van der Waals surface area contributed by atoms with Crippen LogP contribution in [-0.2, 0) is 4.79 Å². The van der Waals surface area contributed by atoms with Crippen molar-refractivity contribution in [3.63, 3.8) is 0 Å². The first-order chi connectivity index (χ1) is 14.7. The van der Waals surface area contributed by atoms with Gasteiger partial charge in [0.15, 0.2) is 0 Å². The van der Waals surface area contributed by atoms with E-state index in [0.717, 1.165) is 47.8 Å². The number of hydrogen-bond donors (Lipinski definition) is 3. The Labute approximate surface area is 190 Å². The monoisotopic (exact) mass is 441 g/mol. The summed E-state index contributed by atoms with van der Waals surface area (Å²) in [6.07, 6.45) is 6.97. The average molecular weight is 442 g/mol. The topological polar surface area (TPSA) is 66.3 Å². The molecule has 2 aromatic carbocycles. The zero-order chi connectivity index (χ0) is 20.9. The second-order valence-corrected chi connectivity index (χ2v) is 8.30. The number of likely N-dealkylation sites (N-methyl/N-ethyl adjacent to an activating group) is 1. The van der Waals surface area contributed by atoms with E-state index in [1.165, 1.54) is 6.42 Å². The molecule has 0 aliphatic heterocycles. The van der Waals surface area contributed by atoms with Crippen molar-refractivity contribution in [1.82, 2.24) is 9.88 Å². The van der Waals surface area contributed by atoms with Gasteiger partial charge in [0.05, 0.1) is 12.1 Å². The Morgan fingerprint density at radius 3 is 2.55 bits per heavy atom. The van der Waals surface area contributed by atoms with Crippen molar-refractivity contribution in [3.05, 3.63) is 66.4 Å². The fraction of sp³-hybridized carbons (Fsp3) is 0.400. The Kier molecular flexibility index (Phi) is 8.13. The number of rotatable bonds is 7. The van der Waals surface area contributed by atoms with Crippen LogP contribution in [0.3, 0.4) is 0 Å². The van der Waals surface area contributed by atoms with Gasteiger partial charge in [-0.25, -0.2) is 0 Å². The van der Waals surface area contributed by atoms with Gasteiger partial charge in [-0.15, -0.1) is 12.4 Å². The highest BCUT2D eigenvalue weighted by Gasteiger charge is 2.24. The summed E-state index contributed by atoms with van der Waals surface area (Å²) in [5.74, 6) is 0.276. The molecular formula is C25H32ClN3O2. The van der Waals surface area contributed by atoms with Crippen LogP contribution in [0.4, 0.5) is 5.69 Å². The quantitative estimate of drug-likeness (QED) is 0.495. The molecule has 1 amide bonds. The van der Waals surface area contributed by atoms with Gasteiger partial charge in [0.2, 0.25) is 5.91 Å². The van der Waals surface area contributed by atoms with Crippen molar-refractivity contribution < 1.29 is 9.90 Å². The molecule has 0 spiro atoms. The number of hydrogen-bond acceptors (Lipinski definition) is 3. The van der Waals surface area contributed by atoms with E-state index in [1.54, 1.807) is 0 Å². The van der Waals surface area contributed by atoms with E-state index in [4.69, 9.17) is 0 Å². The Balaban J connectivity index is 0.00000272. The summed E-state index contributed by atoms with van der Waals surface area (Å²) in [7, 11) is 1.85. The van der Waals surface area contributed by atoms with Gasteiger partial charge in [-0.05, 0) is 49.7 Å². The van der Waals surface area contributed by atoms with Gasteiger partial charge >= 0.3 is 0 Å². The molecule has 1 aromatic heterocycles. The largest absolute Gasteiger partial charge is 0.389 e. The Hall–Kier alpha value is -2.34. The molecule has 6 heteroatoms. The summed E-state index contributed by atoms with van der Waals surface area (Å²) in [5.41, 5.74) is 2.94. The fourth-order valence-corrected chi connectivity index (χ4v) is 4.63. The molecule has 3 N–H and O–H groups in total. The lowest BCUT2D eigenvalue weighted by Crippen LogP contribution is -2.33. The third-order valence-corrected chi connectivity index (χ3v) is 6.18. The van der Waals surface area contributed by atoms with Crippen LogP contribution in [0.25, 0.3) is 10.9 Å². The number of aliphatic hydroxyl groups is 1. The number of aromatic nitrogens is 1. The van der Waals surface area contributed by atoms with E-state index in [2.05, 4.69) is 15.2 Å². The van der Waals surface area contributed by atoms with Crippen LogP contribution in [0.5, 0.6) is 0 Å². The minimum Gasteiger partial charge on any atom is -0.389 e. The van der Waals surface area contributed by atoms with Crippen LogP contribution in [0, 0.1) is 5.92 Å². The zero-order valence-electron chi connectivity index (χ0n) is 18.0. The highest BCUT2D eigenvalue weighted by atomic mass is 35.5. The number of nitrogens with zero attached hydrogens (tertiary/aromatic N) is 1. The van der Waals surface area contributed by atoms with Crippen LogP contribution in [0.2, 0.25) is 0 Å². The molecule has 1 saturated carbocycles. The average Bonchev–Trinajstić information content (AvgIpc) is 3.18. The number of nitrogens with one attached hydrogen (secondary N) is 2. The summed E-state index contributed by atoms with van der Waals surface area (Å²) in [4.78, 5) is 12.6. The van der Waals surface area contributed by atoms with Crippen molar-refractivity contribution >= 4 is 34.9 Å². The number of benzene rings is 2. The summed E-state index contributed by atoms with van der Waals surface area (Å²) in [6, 6.07) is 18.0. The SMILES string of the molecule is CNC[C@H](O)[C@H](c1ccccc1)n1ccc2cc(NC(=O)C3CCCCC3)ccc21.Cl. The Bertz CT molecular complexity index is 983. The summed E-state index contributed by atoms with van der Waals surface area (Å²) in [6.45, 7) is 0.495. The molecule has 1 fully saturated rings. The maximum Gasteiger partial charge on any atom is 0.227 e. The number of halogens is 1. The van der Waals surface area contributed by atoms with Gasteiger partial charge < -0.3 is 20.3 Å². The van der Waals surface area contributed by atoms with Crippen molar-refractivity contribution in [2.45, 2.75) is 44.2 Å². The molecule has 0 bridgehead atoms. The molecule has 2 atom stereocenters. The first kappa shape index (κ1) is 23.3. The van der Waals surface area contributed by atoms with E-state index in [9.17, 15) is 9.90 Å². The van der Waals surface area contributed by atoms with Gasteiger partial charge in [-0.2, -0.15) is 0 Å². The molecule has 0 saturated heterocycles. The number of amides is 1. The molecule has 1 aliphatic rings. The number of aliphatic hydroxyl groups excluding tert-OH is 1. The van der Waals surface area contributed by atoms with E-state index in [1.807, 2.05) is 67.8 Å². The minimum atomic E-state index is -0.571. The molecule has 166 valence electrons.